The molecule has 0 atom stereocenters. The Balaban J connectivity index is 2.17. The first-order chi connectivity index (χ1) is 8.83. The van der Waals surface area contributed by atoms with Crippen LogP contribution in [0.1, 0.15) is 26.6 Å². The normalized spacial score (nSPS) is 17.6. The van der Waals surface area contributed by atoms with Gasteiger partial charge >= 0.3 is 0 Å². The van der Waals surface area contributed by atoms with Gasteiger partial charge in [-0.25, -0.2) is 9.97 Å². The van der Waals surface area contributed by atoms with Crippen molar-refractivity contribution in [2.75, 3.05) is 43.4 Å². The molecule has 0 spiro atoms. The number of hydrogen-bond donors (Lipinski definition) is 1. The van der Waals surface area contributed by atoms with Crippen LogP contribution in [0, 0.1) is 6.92 Å². The maximum atomic E-state index is 4.57. The molecule has 1 aromatic rings. The molecule has 0 bridgehead atoms. The van der Waals surface area contributed by atoms with Crippen LogP contribution < -0.4 is 10.2 Å². The van der Waals surface area contributed by atoms with Gasteiger partial charge in [-0.2, -0.15) is 0 Å². The number of rotatable bonds is 2. The quantitative estimate of drug-likeness (QED) is 0.880. The Morgan fingerprint density at radius 1 is 1.11 bits per heavy atom. The summed E-state index contributed by atoms with van der Waals surface area (Å²) in [5.74, 6) is 2.77. The van der Waals surface area contributed by atoms with Crippen LogP contribution in [-0.2, 0) is 0 Å². The number of likely N-dealkylation sites (N-methyl/N-ethyl adjacent to an activating group) is 1. The number of piperazine rings is 1. The standard InChI is InChI=1S/C14H25N5/c1-11-15-12(17-14(2,3)4)10-13(16-11)19-8-6-18(5)7-9-19/h10H,6-9H2,1-5H3,(H,15,16,17). The fraction of sp³-hybridized carbons (Fsp3) is 0.714. The predicted molar refractivity (Wildman–Crippen MR) is 79.9 cm³/mol. The summed E-state index contributed by atoms with van der Waals surface area (Å²) in [6, 6.07) is 2.06. The summed E-state index contributed by atoms with van der Waals surface area (Å²) in [6.07, 6.45) is 0. The van der Waals surface area contributed by atoms with Gasteiger partial charge in [0.05, 0.1) is 0 Å². The summed E-state index contributed by atoms with van der Waals surface area (Å²) in [5.41, 5.74) is 0.0141. The second-order valence-corrected chi connectivity index (χ2v) is 6.32. The molecule has 2 rings (SSSR count). The molecule has 5 heteroatoms. The second-order valence-electron chi connectivity index (χ2n) is 6.32. The van der Waals surface area contributed by atoms with E-state index in [0.29, 0.717) is 0 Å². The van der Waals surface area contributed by atoms with E-state index in [1.807, 2.05) is 6.92 Å². The third-order valence-corrected chi connectivity index (χ3v) is 3.15. The van der Waals surface area contributed by atoms with Crippen LogP contribution in [0.2, 0.25) is 0 Å². The molecule has 1 aliphatic rings. The van der Waals surface area contributed by atoms with Gasteiger partial charge in [0.15, 0.2) is 0 Å². The van der Waals surface area contributed by atoms with Gasteiger partial charge in [-0.3, -0.25) is 0 Å². The van der Waals surface area contributed by atoms with Crippen LogP contribution >= 0.6 is 0 Å². The van der Waals surface area contributed by atoms with E-state index in [0.717, 1.165) is 43.6 Å². The van der Waals surface area contributed by atoms with E-state index in [1.54, 1.807) is 0 Å². The zero-order valence-electron chi connectivity index (χ0n) is 12.7. The molecule has 0 unspecified atom stereocenters. The number of aryl methyl sites for hydroxylation is 1. The predicted octanol–water partition coefficient (Wildman–Crippen LogP) is 1.75. The van der Waals surface area contributed by atoms with Crippen molar-refractivity contribution in [1.29, 1.82) is 0 Å². The van der Waals surface area contributed by atoms with Gasteiger partial charge in [-0.05, 0) is 34.7 Å². The highest BCUT2D eigenvalue weighted by molar-refractivity contribution is 5.50. The summed E-state index contributed by atoms with van der Waals surface area (Å²) < 4.78 is 0. The topological polar surface area (TPSA) is 44.3 Å². The first kappa shape index (κ1) is 14.1. The van der Waals surface area contributed by atoms with E-state index in [4.69, 9.17) is 0 Å². The maximum Gasteiger partial charge on any atom is 0.134 e. The lowest BCUT2D eigenvalue weighted by atomic mass is 10.1. The van der Waals surface area contributed by atoms with Gasteiger partial charge in [0.1, 0.15) is 17.5 Å². The first-order valence-corrected chi connectivity index (χ1v) is 6.91. The fourth-order valence-electron chi connectivity index (χ4n) is 2.20. The molecule has 1 saturated heterocycles. The zero-order valence-corrected chi connectivity index (χ0v) is 12.7. The number of hydrogen-bond acceptors (Lipinski definition) is 5. The summed E-state index contributed by atoms with van der Waals surface area (Å²) in [5, 5.41) is 3.42. The Morgan fingerprint density at radius 2 is 1.74 bits per heavy atom. The van der Waals surface area contributed by atoms with Crippen LogP contribution in [0.25, 0.3) is 0 Å². The molecule has 1 fully saturated rings. The highest BCUT2D eigenvalue weighted by Gasteiger charge is 2.17. The minimum Gasteiger partial charge on any atom is -0.365 e. The molecule has 1 aliphatic heterocycles. The summed E-state index contributed by atoms with van der Waals surface area (Å²) in [6.45, 7) is 12.6. The summed E-state index contributed by atoms with van der Waals surface area (Å²) in [7, 11) is 2.16. The maximum absolute atomic E-state index is 4.57. The van der Waals surface area contributed by atoms with Crippen molar-refractivity contribution >= 4 is 11.6 Å². The van der Waals surface area contributed by atoms with Crippen LogP contribution in [0.15, 0.2) is 6.07 Å². The highest BCUT2D eigenvalue weighted by atomic mass is 15.3. The first-order valence-electron chi connectivity index (χ1n) is 6.91. The Morgan fingerprint density at radius 3 is 2.32 bits per heavy atom. The molecule has 2 heterocycles. The smallest absolute Gasteiger partial charge is 0.134 e. The van der Waals surface area contributed by atoms with Gasteiger partial charge in [-0.1, -0.05) is 0 Å². The lowest BCUT2D eigenvalue weighted by molar-refractivity contribution is 0.312. The van der Waals surface area contributed by atoms with E-state index in [1.165, 1.54) is 0 Å². The molecule has 0 amide bonds. The molecule has 1 N–H and O–H groups in total. The van der Waals surface area contributed by atoms with Crippen molar-refractivity contribution in [2.24, 2.45) is 0 Å². The van der Waals surface area contributed by atoms with Crippen molar-refractivity contribution in [3.05, 3.63) is 11.9 Å². The van der Waals surface area contributed by atoms with Crippen molar-refractivity contribution in [3.8, 4) is 0 Å². The van der Waals surface area contributed by atoms with E-state index in [2.05, 4.69) is 59.0 Å². The van der Waals surface area contributed by atoms with E-state index in [9.17, 15) is 0 Å². The van der Waals surface area contributed by atoms with Crippen molar-refractivity contribution in [2.45, 2.75) is 33.2 Å². The number of nitrogens with one attached hydrogen (secondary N) is 1. The minimum absolute atomic E-state index is 0.0141. The van der Waals surface area contributed by atoms with Crippen molar-refractivity contribution < 1.29 is 0 Å². The lowest BCUT2D eigenvalue weighted by Gasteiger charge is -2.33. The molecule has 0 saturated carbocycles. The van der Waals surface area contributed by atoms with Gasteiger partial charge in [0.25, 0.3) is 0 Å². The summed E-state index contributed by atoms with van der Waals surface area (Å²) in [4.78, 5) is 13.7. The third-order valence-electron chi connectivity index (χ3n) is 3.15. The van der Waals surface area contributed by atoms with Gasteiger partial charge in [0, 0.05) is 37.8 Å². The molecule has 0 radical (unpaired) electrons. The van der Waals surface area contributed by atoms with Crippen LogP contribution in [0.4, 0.5) is 11.6 Å². The average molecular weight is 263 g/mol. The molecule has 0 aliphatic carbocycles. The van der Waals surface area contributed by atoms with E-state index in [-0.39, 0.29) is 5.54 Å². The van der Waals surface area contributed by atoms with Crippen molar-refractivity contribution in [1.82, 2.24) is 14.9 Å². The molecule has 106 valence electrons. The highest BCUT2D eigenvalue weighted by Crippen LogP contribution is 2.19. The SMILES string of the molecule is Cc1nc(NC(C)(C)C)cc(N2CCN(C)CC2)n1. The monoisotopic (exact) mass is 263 g/mol. The Kier molecular flexibility index (Phi) is 3.94. The Hall–Kier alpha value is -1.36. The molecule has 1 aromatic heterocycles. The number of anilines is 2. The van der Waals surface area contributed by atoms with Crippen molar-refractivity contribution in [3.63, 3.8) is 0 Å². The van der Waals surface area contributed by atoms with Gasteiger partial charge in [-0.15, -0.1) is 0 Å². The molecule has 19 heavy (non-hydrogen) atoms. The molecular formula is C14H25N5. The molecular weight excluding hydrogens is 238 g/mol. The van der Waals surface area contributed by atoms with Crippen LogP contribution in [-0.4, -0.2) is 53.6 Å². The Labute approximate surface area is 116 Å². The largest absolute Gasteiger partial charge is 0.365 e. The Bertz CT molecular complexity index is 430. The van der Waals surface area contributed by atoms with E-state index < -0.39 is 0 Å². The molecule has 5 nitrogen and oxygen atoms in total. The second kappa shape index (κ2) is 5.33. The minimum atomic E-state index is 0.0141. The summed E-state index contributed by atoms with van der Waals surface area (Å²) >= 11 is 0. The van der Waals surface area contributed by atoms with E-state index >= 15 is 0 Å². The van der Waals surface area contributed by atoms with Gasteiger partial charge < -0.3 is 15.1 Å². The van der Waals surface area contributed by atoms with Gasteiger partial charge in [0.2, 0.25) is 0 Å². The molecule has 0 aromatic carbocycles. The zero-order chi connectivity index (χ0) is 14.0. The number of nitrogens with zero attached hydrogens (tertiary/aromatic N) is 4. The average Bonchev–Trinajstić information content (AvgIpc) is 2.26. The van der Waals surface area contributed by atoms with Crippen LogP contribution in [0.3, 0.4) is 0 Å². The number of aromatic nitrogens is 2. The third kappa shape index (κ3) is 4.06. The fourth-order valence-corrected chi connectivity index (χ4v) is 2.20. The lowest BCUT2D eigenvalue weighted by Crippen LogP contribution is -2.45. The van der Waals surface area contributed by atoms with Crippen LogP contribution in [0.5, 0.6) is 0 Å².